The Hall–Kier alpha value is -2.71. The van der Waals surface area contributed by atoms with Gasteiger partial charge in [0.05, 0.1) is 12.1 Å². The van der Waals surface area contributed by atoms with Crippen LogP contribution in [0.25, 0.3) is 0 Å². The van der Waals surface area contributed by atoms with E-state index in [4.69, 9.17) is 4.74 Å². The van der Waals surface area contributed by atoms with E-state index in [1.807, 2.05) is 31.2 Å². The molecular formula is C21H23N3O3S2. The lowest BCUT2D eigenvalue weighted by Crippen LogP contribution is -2.08. The number of carbonyl (C=O) groups excluding carboxylic acids is 2. The molecule has 2 aromatic heterocycles. The number of esters is 1. The van der Waals surface area contributed by atoms with Gasteiger partial charge in [-0.05, 0) is 36.6 Å². The second-order valence-corrected chi connectivity index (χ2v) is 8.37. The van der Waals surface area contributed by atoms with Gasteiger partial charge in [-0.25, -0.2) is 9.78 Å². The summed E-state index contributed by atoms with van der Waals surface area (Å²) in [4.78, 5) is 29.4. The van der Waals surface area contributed by atoms with Gasteiger partial charge >= 0.3 is 5.97 Å². The first kappa shape index (κ1) is 21.0. The van der Waals surface area contributed by atoms with E-state index in [1.165, 1.54) is 29.8 Å². The molecule has 1 aromatic carbocycles. The number of carbonyl (C=O) groups is 2. The molecule has 0 fully saturated rings. The number of nitrogens with one attached hydrogen (secondary N) is 2. The fourth-order valence-corrected chi connectivity index (χ4v) is 4.51. The van der Waals surface area contributed by atoms with E-state index in [1.54, 1.807) is 11.4 Å². The van der Waals surface area contributed by atoms with Crippen LogP contribution in [0.4, 0.5) is 15.8 Å². The molecule has 152 valence electrons. The zero-order valence-corrected chi connectivity index (χ0v) is 18.2. The van der Waals surface area contributed by atoms with Crippen molar-refractivity contribution in [1.82, 2.24) is 4.98 Å². The normalized spacial score (nSPS) is 10.6. The van der Waals surface area contributed by atoms with Crippen molar-refractivity contribution in [3.05, 3.63) is 57.4 Å². The Balaban J connectivity index is 1.70. The molecule has 3 aromatic rings. The highest BCUT2D eigenvalue weighted by atomic mass is 32.1. The number of Topliss-reactive ketones (excluding diaryl/α,β-unsaturated/α-hetero) is 1. The average molecular weight is 430 g/mol. The highest BCUT2D eigenvalue weighted by molar-refractivity contribution is 7.19. The molecule has 29 heavy (non-hydrogen) atoms. The molecule has 0 radical (unpaired) electrons. The highest BCUT2D eigenvalue weighted by Gasteiger charge is 2.16. The predicted octanol–water partition coefficient (Wildman–Crippen LogP) is 5.29. The fourth-order valence-electron chi connectivity index (χ4n) is 2.73. The Bertz CT molecular complexity index is 1010. The van der Waals surface area contributed by atoms with E-state index in [-0.39, 0.29) is 11.8 Å². The Kier molecular flexibility index (Phi) is 7.00. The van der Waals surface area contributed by atoms with E-state index in [9.17, 15) is 9.59 Å². The summed E-state index contributed by atoms with van der Waals surface area (Å²) >= 11 is 2.67. The van der Waals surface area contributed by atoms with Gasteiger partial charge in [0.25, 0.3) is 0 Å². The van der Waals surface area contributed by atoms with Gasteiger partial charge in [-0.2, -0.15) is 0 Å². The third kappa shape index (κ3) is 5.21. The lowest BCUT2D eigenvalue weighted by molar-refractivity contribution is 0.0606. The van der Waals surface area contributed by atoms with Crippen LogP contribution in [0.5, 0.6) is 0 Å². The molecular weight excluding hydrogens is 406 g/mol. The van der Waals surface area contributed by atoms with Gasteiger partial charge in [0.15, 0.2) is 10.9 Å². The first-order valence-corrected chi connectivity index (χ1v) is 11.0. The number of ketones is 1. The summed E-state index contributed by atoms with van der Waals surface area (Å²) in [6.45, 7) is 4.88. The zero-order chi connectivity index (χ0) is 20.8. The number of thiazole rings is 1. The average Bonchev–Trinajstić information content (AvgIpc) is 3.34. The first-order chi connectivity index (χ1) is 14.0. The van der Waals surface area contributed by atoms with Gasteiger partial charge in [0.1, 0.15) is 10.6 Å². The number of benzene rings is 1. The van der Waals surface area contributed by atoms with Gasteiger partial charge in [0, 0.05) is 24.0 Å². The Morgan fingerprint density at radius 2 is 2.03 bits per heavy atom. The molecule has 6 nitrogen and oxygen atoms in total. The van der Waals surface area contributed by atoms with Crippen molar-refractivity contribution in [2.75, 3.05) is 24.3 Å². The molecule has 0 saturated heterocycles. The molecule has 3 rings (SSSR count). The molecule has 0 aliphatic rings. The Morgan fingerprint density at radius 3 is 2.79 bits per heavy atom. The molecule has 0 bridgehead atoms. The van der Waals surface area contributed by atoms with Crippen LogP contribution < -0.4 is 10.6 Å². The number of nitrogens with zero attached hydrogens (tertiary/aromatic N) is 1. The number of para-hydroxylation sites is 1. The van der Waals surface area contributed by atoms with Crippen molar-refractivity contribution in [1.29, 1.82) is 0 Å². The van der Waals surface area contributed by atoms with Crippen molar-refractivity contribution in [2.45, 2.75) is 26.7 Å². The van der Waals surface area contributed by atoms with Crippen LogP contribution in [0.15, 0.2) is 35.7 Å². The number of rotatable bonds is 9. The molecule has 2 N–H and O–H groups in total. The van der Waals surface area contributed by atoms with Crippen LogP contribution in [-0.4, -0.2) is 30.4 Å². The number of hydrogen-bond acceptors (Lipinski definition) is 8. The molecule has 2 heterocycles. The maximum atomic E-state index is 12.7. The summed E-state index contributed by atoms with van der Waals surface area (Å²) < 4.78 is 4.76. The molecule has 0 aliphatic carbocycles. The van der Waals surface area contributed by atoms with Gasteiger partial charge in [-0.3, -0.25) is 4.79 Å². The number of anilines is 3. The van der Waals surface area contributed by atoms with Crippen molar-refractivity contribution in [3.8, 4) is 0 Å². The van der Waals surface area contributed by atoms with E-state index in [0.29, 0.717) is 22.1 Å². The predicted molar refractivity (Wildman–Crippen MR) is 119 cm³/mol. The summed E-state index contributed by atoms with van der Waals surface area (Å²) in [5, 5.41) is 9.76. The van der Waals surface area contributed by atoms with Crippen molar-refractivity contribution >= 4 is 50.2 Å². The minimum absolute atomic E-state index is 0.0294. The summed E-state index contributed by atoms with van der Waals surface area (Å²) in [5.41, 5.74) is 3.31. The first-order valence-electron chi connectivity index (χ1n) is 9.28. The molecule has 8 heteroatoms. The topological polar surface area (TPSA) is 80.3 Å². The van der Waals surface area contributed by atoms with Gasteiger partial charge < -0.3 is 15.4 Å². The van der Waals surface area contributed by atoms with Crippen LogP contribution in [-0.2, 0) is 11.2 Å². The van der Waals surface area contributed by atoms with Gasteiger partial charge in [-0.1, -0.05) is 25.1 Å². The lowest BCUT2D eigenvalue weighted by atomic mass is 10.1. The van der Waals surface area contributed by atoms with Crippen LogP contribution in [0.1, 0.15) is 44.6 Å². The standard InChI is InChI=1S/C21H23N3O3S2/c1-4-9-22-15-8-6-5-7-14(15)11-17(25)16-12-28-21(23-16)24-19-13(2)10-18(29-19)20(26)27-3/h5-8,10,12,22H,4,9,11H2,1-3H3,(H,23,24). The minimum Gasteiger partial charge on any atom is -0.465 e. The number of aromatic nitrogens is 1. The second-order valence-electron chi connectivity index (χ2n) is 6.46. The van der Waals surface area contributed by atoms with Crippen molar-refractivity contribution < 1.29 is 14.3 Å². The SMILES string of the molecule is CCCNc1ccccc1CC(=O)c1csc(Nc2sc(C(=O)OC)cc2C)n1. The summed E-state index contributed by atoms with van der Waals surface area (Å²) in [6, 6.07) is 9.63. The molecule has 0 amide bonds. The Morgan fingerprint density at radius 1 is 1.24 bits per heavy atom. The smallest absolute Gasteiger partial charge is 0.348 e. The zero-order valence-electron chi connectivity index (χ0n) is 16.6. The van der Waals surface area contributed by atoms with Crippen LogP contribution in [0, 0.1) is 6.92 Å². The lowest BCUT2D eigenvalue weighted by Gasteiger charge is -2.10. The van der Waals surface area contributed by atoms with E-state index in [2.05, 4.69) is 22.5 Å². The highest BCUT2D eigenvalue weighted by Crippen LogP contribution is 2.32. The third-order valence-electron chi connectivity index (χ3n) is 4.25. The largest absolute Gasteiger partial charge is 0.465 e. The number of ether oxygens (including phenoxy) is 1. The summed E-state index contributed by atoms with van der Waals surface area (Å²) in [6.07, 6.45) is 1.31. The monoisotopic (exact) mass is 429 g/mol. The maximum absolute atomic E-state index is 12.7. The van der Waals surface area contributed by atoms with E-state index in [0.717, 1.165) is 34.8 Å². The molecule has 0 aliphatic heterocycles. The van der Waals surface area contributed by atoms with E-state index >= 15 is 0 Å². The minimum atomic E-state index is -0.364. The van der Waals surface area contributed by atoms with Gasteiger partial charge in [-0.15, -0.1) is 22.7 Å². The fraction of sp³-hybridized carbons (Fsp3) is 0.286. The number of aryl methyl sites for hydroxylation is 1. The molecule has 0 atom stereocenters. The molecule has 0 unspecified atom stereocenters. The maximum Gasteiger partial charge on any atom is 0.348 e. The van der Waals surface area contributed by atoms with E-state index < -0.39 is 0 Å². The molecule has 0 saturated carbocycles. The van der Waals surface area contributed by atoms with Crippen LogP contribution in [0.3, 0.4) is 0 Å². The number of methoxy groups -OCH3 is 1. The van der Waals surface area contributed by atoms with Gasteiger partial charge in [0.2, 0.25) is 0 Å². The Labute approximate surface area is 178 Å². The van der Waals surface area contributed by atoms with Crippen molar-refractivity contribution in [2.24, 2.45) is 0 Å². The van der Waals surface area contributed by atoms with Crippen molar-refractivity contribution in [3.63, 3.8) is 0 Å². The summed E-state index contributed by atoms with van der Waals surface area (Å²) in [5.74, 6) is -0.394. The second kappa shape index (κ2) is 9.67. The van der Waals surface area contributed by atoms with Crippen LogP contribution in [0.2, 0.25) is 0 Å². The quantitative estimate of drug-likeness (QED) is 0.355. The third-order valence-corrected chi connectivity index (χ3v) is 6.14. The molecule has 0 spiro atoms. The van der Waals surface area contributed by atoms with Crippen LogP contribution >= 0.6 is 22.7 Å². The number of thiophene rings is 1. The summed E-state index contributed by atoms with van der Waals surface area (Å²) in [7, 11) is 1.36. The number of hydrogen-bond donors (Lipinski definition) is 2.